The van der Waals surface area contributed by atoms with Crippen molar-refractivity contribution in [2.45, 2.75) is 33.6 Å². The third-order valence-corrected chi connectivity index (χ3v) is 1.08. The van der Waals surface area contributed by atoms with Gasteiger partial charge in [-0.05, 0) is 13.3 Å². The van der Waals surface area contributed by atoms with Gasteiger partial charge >= 0.3 is 0 Å². The van der Waals surface area contributed by atoms with Crippen LogP contribution in [0, 0.1) is 0 Å². The van der Waals surface area contributed by atoms with Gasteiger partial charge in [-0.2, -0.15) is 0 Å². The van der Waals surface area contributed by atoms with Crippen molar-refractivity contribution in [1.29, 1.82) is 0 Å². The van der Waals surface area contributed by atoms with Crippen LogP contribution in [0.15, 0.2) is 11.6 Å². The summed E-state index contributed by atoms with van der Waals surface area (Å²) in [4.78, 5) is 9.00. The molecule has 0 heterocycles. The predicted molar refractivity (Wildman–Crippen MR) is 49.1 cm³/mol. The molecule has 0 aromatic rings. The number of allylic oxidation sites excluding steroid dienone is 1. The molecule has 0 rings (SSSR count). The highest BCUT2D eigenvalue weighted by molar-refractivity contribution is 5.62. The quantitative estimate of drug-likeness (QED) is 0.641. The molecule has 0 saturated carbocycles. The van der Waals surface area contributed by atoms with Crippen molar-refractivity contribution in [1.82, 2.24) is 0 Å². The van der Waals surface area contributed by atoms with Crippen molar-refractivity contribution in [3.8, 4) is 0 Å². The van der Waals surface area contributed by atoms with Gasteiger partial charge in [-0.25, -0.2) is 0 Å². The largest absolute Gasteiger partial charge is 0.481 e. The molecule has 0 radical (unpaired) electrons. The Balaban J connectivity index is 0. The normalized spacial score (nSPS) is 10.2. The van der Waals surface area contributed by atoms with Gasteiger partial charge in [0, 0.05) is 6.92 Å². The summed E-state index contributed by atoms with van der Waals surface area (Å²) in [5, 5.41) is 15.8. The van der Waals surface area contributed by atoms with Gasteiger partial charge in [-0.15, -0.1) is 0 Å². The summed E-state index contributed by atoms with van der Waals surface area (Å²) in [6.07, 6.45) is 4.13. The molecule has 72 valence electrons. The first-order valence-electron chi connectivity index (χ1n) is 4.00. The molecule has 0 atom stereocenters. The van der Waals surface area contributed by atoms with Gasteiger partial charge in [0.1, 0.15) is 0 Å². The Hall–Kier alpha value is -0.830. The van der Waals surface area contributed by atoms with Crippen molar-refractivity contribution in [2.24, 2.45) is 0 Å². The average molecular weight is 174 g/mol. The molecule has 3 heteroatoms. The van der Waals surface area contributed by atoms with E-state index in [1.807, 2.05) is 13.0 Å². The predicted octanol–water partition coefficient (Wildman–Crippen LogP) is 1.82. The number of hydrogen-bond donors (Lipinski definition) is 2. The summed E-state index contributed by atoms with van der Waals surface area (Å²) in [5.41, 5.74) is 1.29. The highest BCUT2D eigenvalue weighted by Crippen LogP contribution is 2.00. The Morgan fingerprint density at radius 2 is 1.83 bits per heavy atom. The lowest BCUT2D eigenvalue weighted by atomic mass is 10.2. The SMILES string of the molecule is CC(=O)O.CCCC(C)=CCO. The smallest absolute Gasteiger partial charge is 0.300 e. The second-order valence-electron chi connectivity index (χ2n) is 2.50. The number of hydrogen-bond acceptors (Lipinski definition) is 2. The van der Waals surface area contributed by atoms with Crippen LogP contribution in [0.1, 0.15) is 33.6 Å². The molecule has 0 aliphatic heterocycles. The molecule has 2 N–H and O–H groups in total. The zero-order valence-electron chi connectivity index (χ0n) is 8.00. The number of aliphatic hydroxyl groups is 1. The van der Waals surface area contributed by atoms with Crippen molar-refractivity contribution >= 4 is 5.97 Å². The van der Waals surface area contributed by atoms with E-state index in [2.05, 4.69) is 6.92 Å². The van der Waals surface area contributed by atoms with E-state index in [1.165, 1.54) is 12.0 Å². The second-order valence-corrected chi connectivity index (χ2v) is 2.50. The van der Waals surface area contributed by atoms with Crippen molar-refractivity contribution in [2.75, 3.05) is 6.61 Å². The van der Waals surface area contributed by atoms with Crippen LogP contribution in [-0.2, 0) is 4.79 Å². The monoisotopic (exact) mass is 174 g/mol. The Bertz CT molecular complexity index is 135. The van der Waals surface area contributed by atoms with Crippen molar-refractivity contribution < 1.29 is 15.0 Å². The van der Waals surface area contributed by atoms with Crippen LogP contribution in [0.2, 0.25) is 0 Å². The number of aliphatic hydroxyl groups excluding tert-OH is 1. The lowest BCUT2D eigenvalue weighted by Gasteiger charge is -1.93. The third kappa shape index (κ3) is 22.9. The maximum Gasteiger partial charge on any atom is 0.300 e. The molecule has 12 heavy (non-hydrogen) atoms. The van der Waals surface area contributed by atoms with Crippen molar-refractivity contribution in [3.63, 3.8) is 0 Å². The molecule has 0 aliphatic rings. The fourth-order valence-corrected chi connectivity index (χ4v) is 0.652. The highest BCUT2D eigenvalue weighted by atomic mass is 16.4. The molecule has 0 aliphatic carbocycles. The Kier molecular flexibility index (Phi) is 11.6. The topological polar surface area (TPSA) is 57.5 Å². The van der Waals surface area contributed by atoms with E-state index in [1.54, 1.807) is 0 Å². The van der Waals surface area contributed by atoms with Gasteiger partial charge in [0.15, 0.2) is 0 Å². The standard InChI is InChI=1S/C7H14O.C2H4O2/c1-3-4-7(2)5-6-8;1-2(3)4/h5,8H,3-4,6H2,1-2H3;1H3,(H,3,4). The molecule has 3 nitrogen and oxygen atoms in total. The molecule has 0 aromatic heterocycles. The van der Waals surface area contributed by atoms with Crippen molar-refractivity contribution in [3.05, 3.63) is 11.6 Å². The average Bonchev–Trinajstić information content (AvgIpc) is 1.87. The van der Waals surface area contributed by atoms with Gasteiger partial charge in [-0.1, -0.05) is 25.0 Å². The van der Waals surface area contributed by atoms with Gasteiger partial charge in [-0.3, -0.25) is 4.79 Å². The lowest BCUT2D eigenvalue weighted by Crippen LogP contribution is -1.78. The van der Waals surface area contributed by atoms with Gasteiger partial charge in [0.05, 0.1) is 6.61 Å². The minimum absolute atomic E-state index is 0.186. The molecule has 0 fully saturated rings. The van der Waals surface area contributed by atoms with Crippen LogP contribution >= 0.6 is 0 Å². The summed E-state index contributed by atoms with van der Waals surface area (Å²) in [7, 11) is 0. The number of aliphatic carboxylic acids is 1. The summed E-state index contributed by atoms with van der Waals surface area (Å²) < 4.78 is 0. The van der Waals surface area contributed by atoms with Gasteiger partial charge in [0.2, 0.25) is 0 Å². The third-order valence-electron chi connectivity index (χ3n) is 1.08. The molecular weight excluding hydrogens is 156 g/mol. The van der Waals surface area contributed by atoms with E-state index in [4.69, 9.17) is 15.0 Å². The summed E-state index contributed by atoms with van der Waals surface area (Å²) >= 11 is 0. The number of carboxylic acid groups (broad SMARTS) is 1. The summed E-state index contributed by atoms with van der Waals surface area (Å²) in [6.45, 7) is 5.44. The molecular formula is C9H18O3. The number of carboxylic acids is 1. The maximum absolute atomic E-state index is 9.00. The Morgan fingerprint density at radius 1 is 1.42 bits per heavy atom. The van der Waals surface area contributed by atoms with Gasteiger partial charge in [0.25, 0.3) is 5.97 Å². The minimum atomic E-state index is -0.833. The van der Waals surface area contributed by atoms with E-state index in [-0.39, 0.29) is 6.61 Å². The van der Waals surface area contributed by atoms with E-state index >= 15 is 0 Å². The molecule has 0 amide bonds. The number of rotatable bonds is 3. The first-order chi connectivity index (χ1) is 5.54. The van der Waals surface area contributed by atoms with Crippen LogP contribution < -0.4 is 0 Å². The van der Waals surface area contributed by atoms with E-state index in [0.717, 1.165) is 13.3 Å². The van der Waals surface area contributed by atoms with E-state index in [9.17, 15) is 0 Å². The van der Waals surface area contributed by atoms with E-state index < -0.39 is 5.97 Å². The summed E-state index contributed by atoms with van der Waals surface area (Å²) in [5.74, 6) is -0.833. The van der Waals surface area contributed by atoms with Crippen LogP contribution in [0.4, 0.5) is 0 Å². The Morgan fingerprint density at radius 3 is 2.08 bits per heavy atom. The van der Waals surface area contributed by atoms with Crippen LogP contribution in [0.25, 0.3) is 0 Å². The maximum atomic E-state index is 9.00. The second kappa shape index (κ2) is 10.2. The van der Waals surface area contributed by atoms with Crippen LogP contribution in [0.3, 0.4) is 0 Å². The zero-order valence-corrected chi connectivity index (χ0v) is 8.00. The van der Waals surface area contributed by atoms with Gasteiger partial charge < -0.3 is 10.2 Å². The fraction of sp³-hybridized carbons (Fsp3) is 0.667. The lowest BCUT2D eigenvalue weighted by molar-refractivity contribution is -0.134. The van der Waals surface area contributed by atoms with Crippen LogP contribution in [0.5, 0.6) is 0 Å². The summed E-state index contributed by atoms with van der Waals surface area (Å²) in [6, 6.07) is 0. The highest BCUT2D eigenvalue weighted by Gasteiger charge is 1.82. The molecule has 0 saturated heterocycles. The Labute approximate surface area is 73.7 Å². The first-order valence-corrected chi connectivity index (χ1v) is 4.00. The molecule has 0 bridgehead atoms. The number of carbonyl (C=O) groups is 1. The van der Waals surface area contributed by atoms with Crippen LogP contribution in [-0.4, -0.2) is 22.8 Å². The zero-order chi connectivity index (χ0) is 9.98. The minimum Gasteiger partial charge on any atom is -0.481 e. The molecule has 0 spiro atoms. The first kappa shape index (κ1) is 13.7. The molecule has 0 unspecified atom stereocenters. The molecule has 0 aromatic carbocycles. The fourth-order valence-electron chi connectivity index (χ4n) is 0.652. The van der Waals surface area contributed by atoms with E-state index in [0.29, 0.717) is 0 Å².